The van der Waals surface area contributed by atoms with Gasteiger partial charge >= 0.3 is 0 Å². The molecule has 1 N–H and O–H groups in total. The van der Waals surface area contributed by atoms with Gasteiger partial charge in [0.15, 0.2) is 9.84 Å². The number of sulfone groups is 1. The molecule has 10 heteroatoms. The zero-order chi connectivity index (χ0) is 18.0. The Kier molecular flexibility index (Phi) is 5.62. The van der Waals surface area contributed by atoms with Crippen molar-refractivity contribution in [2.75, 3.05) is 18.1 Å². The maximum Gasteiger partial charge on any atom is 0.266 e. The number of thiocarbonyl (C=S) groups is 1. The molecule has 0 aliphatic carbocycles. The topological polar surface area (TPSA) is 83.6 Å². The molecule has 0 saturated carbocycles. The fraction of sp³-hybridized carbons (Fsp3) is 0.400. The normalized spacial score (nSPS) is 24.2. The van der Waals surface area contributed by atoms with Crippen LogP contribution >= 0.6 is 35.3 Å². The summed E-state index contributed by atoms with van der Waals surface area (Å²) in [5.41, 5.74) is 0. The first-order valence-corrected chi connectivity index (χ1v) is 11.6. The molecule has 3 heterocycles. The van der Waals surface area contributed by atoms with Gasteiger partial charge in [0.25, 0.3) is 5.91 Å². The number of amides is 2. The first kappa shape index (κ1) is 18.6. The Morgan fingerprint density at radius 2 is 2.28 bits per heavy atom. The van der Waals surface area contributed by atoms with Gasteiger partial charge in [-0.05, 0) is 23.9 Å². The summed E-state index contributed by atoms with van der Waals surface area (Å²) in [5.74, 6) is -0.359. The molecule has 0 bridgehead atoms. The Hall–Kier alpha value is -1.23. The molecule has 2 amide bonds. The largest absolute Gasteiger partial charge is 0.352 e. The molecule has 1 atom stereocenters. The van der Waals surface area contributed by atoms with E-state index in [1.807, 2.05) is 17.5 Å². The lowest BCUT2D eigenvalue weighted by Crippen LogP contribution is -2.38. The molecule has 1 unspecified atom stereocenters. The third kappa shape index (κ3) is 4.69. The molecule has 0 aromatic carbocycles. The summed E-state index contributed by atoms with van der Waals surface area (Å²) in [4.78, 5) is 27.4. The van der Waals surface area contributed by atoms with Crippen LogP contribution in [0.25, 0.3) is 6.08 Å². The Balaban J connectivity index is 1.53. The molecule has 2 aliphatic rings. The van der Waals surface area contributed by atoms with Gasteiger partial charge in [-0.25, -0.2) is 8.42 Å². The van der Waals surface area contributed by atoms with E-state index in [4.69, 9.17) is 12.2 Å². The summed E-state index contributed by atoms with van der Waals surface area (Å²) in [6.07, 6.45) is 2.33. The van der Waals surface area contributed by atoms with Crippen molar-refractivity contribution in [1.82, 2.24) is 10.2 Å². The summed E-state index contributed by atoms with van der Waals surface area (Å²) in [6, 6.07) is 3.49. The first-order valence-electron chi connectivity index (χ1n) is 7.63. The Morgan fingerprint density at radius 3 is 2.92 bits per heavy atom. The minimum atomic E-state index is -3.03. The third-order valence-corrected chi connectivity index (χ3v) is 7.82. The van der Waals surface area contributed by atoms with Gasteiger partial charge in [0.1, 0.15) is 4.32 Å². The predicted molar refractivity (Wildman–Crippen MR) is 104 cm³/mol. The van der Waals surface area contributed by atoms with E-state index in [1.165, 1.54) is 28.0 Å². The van der Waals surface area contributed by atoms with Gasteiger partial charge in [-0.3, -0.25) is 14.5 Å². The summed E-state index contributed by atoms with van der Waals surface area (Å²) in [6.45, 7) is 0.192. The molecular formula is C15H16N2O4S4. The Bertz CT molecular complexity index is 830. The lowest BCUT2D eigenvalue weighted by molar-refractivity contribution is -0.124. The highest BCUT2D eigenvalue weighted by molar-refractivity contribution is 8.26. The molecule has 1 aromatic heterocycles. The predicted octanol–water partition coefficient (Wildman–Crippen LogP) is 1.64. The van der Waals surface area contributed by atoms with Crippen molar-refractivity contribution in [2.45, 2.75) is 18.9 Å². The van der Waals surface area contributed by atoms with Crippen LogP contribution in [0.1, 0.15) is 17.7 Å². The lowest BCUT2D eigenvalue weighted by Gasteiger charge is -2.15. The van der Waals surface area contributed by atoms with Crippen LogP contribution in [-0.2, 0) is 19.4 Å². The number of rotatable bonds is 5. The van der Waals surface area contributed by atoms with Crippen LogP contribution in [-0.4, -0.2) is 53.5 Å². The van der Waals surface area contributed by atoms with Crippen molar-refractivity contribution in [1.29, 1.82) is 0 Å². The van der Waals surface area contributed by atoms with E-state index in [9.17, 15) is 18.0 Å². The molecule has 3 rings (SSSR count). The van der Waals surface area contributed by atoms with Crippen LogP contribution in [0.15, 0.2) is 22.4 Å². The van der Waals surface area contributed by atoms with Gasteiger partial charge in [-0.1, -0.05) is 30.0 Å². The number of hydrogen-bond donors (Lipinski definition) is 1. The fourth-order valence-corrected chi connectivity index (χ4v) is 6.32. The maximum atomic E-state index is 12.4. The molecule has 2 aliphatic heterocycles. The number of nitrogens with one attached hydrogen (secondary N) is 1. The maximum absolute atomic E-state index is 12.4. The van der Waals surface area contributed by atoms with Crippen molar-refractivity contribution in [3.63, 3.8) is 0 Å². The Labute approximate surface area is 159 Å². The second kappa shape index (κ2) is 7.56. The minimum absolute atomic E-state index is 0.0106. The SMILES string of the molecule is O=C(CCN1C(=O)/C(=C/c2cccs2)SC1=S)NC1CCS(=O)(=O)C1. The number of carbonyl (C=O) groups is 2. The van der Waals surface area contributed by atoms with Crippen molar-refractivity contribution >= 4 is 67.4 Å². The van der Waals surface area contributed by atoms with Crippen LogP contribution in [0.5, 0.6) is 0 Å². The second-order valence-electron chi connectivity index (χ2n) is 5.77. The quantitative estimate of drug-likeness (QED) is 0.580. The van der Waals surface area contributed by atoms with E-state index in [2.05, 4.69) is 5.32 Å². The number of thiophene rings is 1. The molecule has 2 saturated heterocycles. The van der Waals surface area contributed by atoms with Crippen LogP contribution in [0.4, 0.5) is 0 Å². The van der Waals surface area contributed by atoms with Gasteiger partial charge in [0.2, 0.25) is 5.91 Å². The van der Waals surface area contributed by atoms with Crippen LogP contribution < -0.4 is 5.32 Å². The van der Waals surface area contributed by atoms with E-state index < -0.39 is 9.84 Å². The molecule has 0 spiro atoms. The standard InChI is InChI=1S/C15H16N2O4S4/c18-13(16-10-4-7-25(20,21)9-10)3-5-17-14(19)12(24-15(17)22)8-11-2-1-6-23-11/h1-2,6,8,10H,3-5,7,9H2,(H,16,18)/b12-8-. The minimum Gasteiger partial charge on any atom is -0.352 e. The highest BCUT2D eigenvalue weighted by Crippen LogP contribution is 2.33. The molecule has 2 fully saturated rings. The van der Waals surface area contributed by atoms with Gasteiger partial charge in [0.05, 0.1) is 16.4 Å². The number of carbonyl (C=O) groups excluding carboxylic acids is 2. The molecule has 0 radical (unpaired) electrons. The monoisotopic (exact) mass is 416 g/mol. The zero-order valence-corrected chi connectivity index (χ0v) is 16.4. The van der Waals surface area contributed by atoms with Crippen LogP contribution in [0.3, 0.4) is 0 Å². The molecule has 134 valence electrons. The summed E-state index contributed by atoms with van der Waals surface area (Å²) >= 11 is 8.00. The number of nitrogens with zero attached hydrogens (tertiary/aromatic N) is 1. The van der Waals surface area contributed by atoms with Crippen LogP contribution in [0.2, 0.25) is 0 Å². The van der Waals surface area contributed by atoms with E-state index >= 15 is 0 Å². The number of thioether (sulfide) groups is 1. The van der Waals surface area contributed by atoms with Gasteiger partial charge < -0.3 is 5.32 Å². The summed E-state index contributed by atoms with van der Waals surface area (Å²) in [7, 11) is -3.03. The summed E-state index contributed by atoms with van der Waals surface area (Å²) < 4.78 is 23.3. The third-order valence-electron chi connectivity index (χ3n) is 3.85. The Morgan fingerprint density at radius 1 is 1.48 bits per heavy atom. The van der Waals surface area contributed by atoms with E-state index in [-0.39, 0.29) is 42.3 Å². The average Bonchev–Trinajstić information content (AvgIpc) is 3.21. The van der Waals surface area contributed by atoms with E-state index in [0.717, 1.165) is 4.88 Å². The molecule has 1 aromatic rings. The second-order valence-corrected chi connectivity index (χ2v) is 10.7. The number of hydrogen-bond acceptors (Lipinski definition) is 7. The average molecular weight is 417 g/mol. The lowest BCUT2D eigenvalue weighted by atomic mass is 10.2. The van der Waals surface area contributed by atoms with Gasteiger partial charge in [-0.2, -0.15) is 0 Å². The van der Waals surface area contributed by atoms with Crippen LogP contribution in [0, 0.1) is 0 Å². The highest BCUT2D eigenvalue weighted by Gasteiger charge is 2.33. The molecule has 6 nitrogen and oxygen atoms in total. The fourth-order valence-electron chi connectivity index (χ4n) is 2.62. The summed E-state index contributed by atoms with van der Waals surface area (Å²) in [5, 5.41) is 4.65. The van der Waals surface area contributed by atoms with Gasteiger partial charge in [0, 0.05) is 23.9 Å². The first-order chi connectivity index (χ1) is 11.8. The van der Waals surface area contributed by atoms with E-state index in [1.54, 1.807) is 6.08 Å². The smallest absolute Gasteiger partial charge is 0.266 e. The van der Waals surface area contributed by atoms with Crippen molar-refractivity contribution < 1.29 is 18.0 Å². The molecular weight excluding hydrogens is 400 g/mol. The van der Waals surface area contributed by atoms with E-state index in [0.29, 0.717) is 15.6 Å². The highest BCUT2D eigenvalue weighted by atomic mass is 32.2. The van der Waals surface area contributed by atoms with Crippen molar-refractivity contribution in [2.24, 2.45) is 0 Å². The molecule has 25 heavy (non-hydrogen) atoms. The van der Waals surface area contributed by atoms with Gasteiger partial charge in [-0.15, -0.1) is 11.3 Å². The zero-order valence-electron chi connectivity index (χ0n) is 13.1. The van der Waals surface area contributed by atoms with Crippen molar-refractivity contribution in [3.05, 3.63) is 27.3 Å². The van der Waals surface area contributed by atoms with Crippen molar-refractivity contribution in [3.8, 4) is 0 Å².